The summed E-state index contributed by atoms with van der Waals surface area (Å²) in [6, 6.07) is 12.3. The predicted molar refractivity (Wildman–Crippen MR) is 137 cm³/mol. The zero-order valence-electron chi connectivity index (χ0n) is 19.8. The zero-order chi connectivity index (χ0) is 22.9. The number of fused-ring (bicyclic) bond motifs is 1. The Balaban J connectivity index is 1.59. The Morgan fingerprint density at radius 2 is 1.70 bits per heavy atom. The third-order valence-corrected chi connectivity index (χ3v) is 6.74. The second-order valence-electron chi connectivity index (χ2n) is 8.36. The summed E-state index contributed by atoms with van der Waals surface area (Å²) in [4.78, 5) is 7.06. The highest BCUT2D eigenvalue weighted by Gasteiger charge is 2.20. The molecule has 0 amide bonds. The van der Waals surface area contributed by atoms with Crippen molar-refractivity contribution in [3.8, 4) is 11.5 Å². The molecule has 0 bridgehead atoms. The largest absolute Gasteiger partial charge is 0.491 e. The Morgan fingerprint density at radius 3 is 2.42 bits per heavy atom. The Kier molecular flexibility index (Phi) is 8.53. The number of thiazole rings is 1. The highest BCUT2D eigenvalue weighted by molar-refractivity contribution is 7.18. The van der Waals surface area contributed by atoms with E-state index in [2.05, 4.69) is 46.1 Å². The van der Waals surface area contributed by atoms with Crippen molar-refractivity contribution in [2.45, 2.75) is 58.9 Å². The molecule has 1 aliphatic heterocycles. The van der Waals surface area contributed by atoms with Gasteiger partial charge in [-0.05, 0) is 37.8 Å². The molecule has 1 aromatic heterocycles. The van der Waals surface area contributed by atoms with E-state index < -0.39 is 0 Å². The maximum atomic E-state index is 6.21. The van der Waals surface area contributed by atoms with Crippen LogP contribution in [0.1, 0.15) is 57.4 Å². The Labute approximate surface area is 200 Å². The van der Waals surface area contributed by atoms with Gasteiger partial charge in [0.05, 0.1) is 29.1 Å². The molecule has 0 aliphatic carbocycles. The van der Waals surface area contributed by atoms with Crippen LogP contribution in [0.3, 0.4) is 0 Å². The number of ether oxygens (including phenoxy) is 2. The van der Waals surface area contributed by atoms with Crippen LogP contribution in [0.5, 0.6) is 11.5 Å². The van der Waals surface area contributed by atoms with Crippen molar-refractivity contribution in [2.24, 2.45) is 10.2 Å². The van der Waals surface area contributed by atoms with E-state index >= 15 is 0 Å². The number of benzene rings is 2. The van der Waals surface area contributed by atoms with Gasteiger partial charge in [-0.1, -0.05) is 38.8 Å². The van der Waals surface area contributed by atoms with Crippen LogP contribution in [0.25, 0.3) is 10.2 Å². The second-order valence-corrected chi connectivity index (χ2v) is 9.48. The molecule has 0 N–H and O–H groups in total. The Bertz CT molecular complexity index is 1030. The number of azo groups is 1. The molecule has 4 rings (SSSR count). The van der Waals surface area contributed by atoms with E-state index in [1.54, 1.807) is 11.3 Å². The van der Waals surface area contributed by atoms with E-state index in [1.807, 2.05) is 24.3 Å². The van der Waals surface area contributed by atoms with E-state index in [-0.39, 0.29) is 0 Å². The highest BCUT2D eigenvalue weighted by atomic mass is 32.1. The molecule has 0 spiro atoms. The highest BCUT2D eigenvalue weighted by Crippen LogP contribution is 2.42. The van der Waals surface area contributed by atoms with Gasteiger partial charge in [0.1, 0.15) is 28.7 Å². The summed E-state index contributed by atoms with van der Waals surface area (Å²) in [5, 5.41) is 10.0. The van der Waals surface area contributed by atoms with Crippen molar-refractivity contribution in [1.29, 1.82) is 0 Å². The van der Waals surface area contributed by atoms with Gasteiger partial charge in [0, 0.05) is 25.2 Å². The molecule has 0 saturated carbocycles. The maximum Gasteiger partial charge on any atom is 0.149 e. The molecule has 0 atom stereocenters. The molecule has 0 radical (unpaired) electrons. The van der Waals surface area contributed by atoms with Crippen molar-refractivity contribution >= 4 is 32.9 Å². The van der Waals surface area contributed by atoms with E-state index in [4.69, 9.17) is 9.47 Å². The van der Waals surface area contributed by atoms with Gasteiger partial charge in [0.15, 0.2) is 0 Å². The van der Waals surface area contributed by atoms with Crippen LogP contribution >= 0.6 is 11.3 Å². The molecule has 176 valence electrons. The number of hydrogen-bond acceptors (Lipinski definition) is 7. The van der Waals surface area contributed by atoms with Crippen LogP contribution in [0.2, 0.25) is 0 Å². The third-order valence-electron chi connectivity index (χ3n) is 5.72. The van der Waals surface area contributed by atoms with E-state index in [1.165, 1.54) is 17.5 Å². The minimum Gasteiger partial charge on any atom is -0.491 e. The van der Waals surface area contributed by atoms with Gasteiger partial charge in [0.25, 0.3) is 0 Å². The van der Waals surface area contributed by atoms with Gasteiger partial charge >= 0.3 is 0 Å². The van der Waals surface area contributed by atoms with Crippen LogP contribution in [-0.4, -0.2) is 31.3 Å². The van der Waals surface area contributed by atoms with Gasteiger partial charge in [-0.25, -0.2) is 4.98 Å². The molecule has 2 aromatic carbocycles. The summed E-state index contributed by atoms with van der Waals surface area (Å²) < 4.78 is 13.5. The average Bonchev–Trinajstić information content (AvgIpc) is 3.50. The lowest BCUT2D eigenvalue weighted by Gasteiger charge is -2.23. The lowest BCUT2D eigenvalue weighted by atomic mass is 10.2. The van der Waals surface area contributed by atoms with E-state index in [0.29, 0.717) is 19.8 Å². The number of anilines is 1. The number of para-hydroxylation sites is 1. The molecular formula is C26H34N4O2S. The van der Waals surface area contributed by atoms with Crippen LogP contribution < -0.4 is 14.4 Å². The van der Waals surface area contributed by atoms with Crippen LogP contribution in [0.15, 0.2) is 46.6 Å². The predicted octanol–water partition coefficient (Wildman–Crippen LogP) is 7.54. The number of unbranched alkanes of at least 4 members (excludes halogenated alkanes) is 2. The minimum absolute atomic E-state index is 0.452. The summed E-state index contributed by atoms with van der Waals surface area (Å²) in [5.74, 6) is 1.66. The first kappa shape index (κ1) is 23.5. The fraction of sp³-hybridized carbons (Fsp3) is 0.500. The van der Waals surface area contributed by atoms with Crippen LogP contribution in [0.4, 0.5) is 11.4 Å². The fourth-order valence-corrected chi connectivity index (χ4v) is 4.75. The number of rotatable bonds is 12. The van der Waals surface area contributed by atoms with Crippen LogP contribution in [0, 0.1) is 0 Å². The summed E-state index contributed by atoms with van der Waals surface area (Å²) in [7, 11) is 0. The van der Waals surface area contributed by atoms with Gasteiger partial charge in [-0.3, -0.25) is 0 Å². The van der Waals surface area contributed by atoms with E-state index in [0.717, 1.165) is 72.2 Å². The average molecular weight is 467 g/mol. The molecule has 1 saturated heterocycles. The molecule has 2 heterocycles. The lowest BCUT2D eigenvalue weighted by Crippen LogP contribution is -2.19. The van der Waals surface area contributed by atoms with Gasteiger partial charge < -0.3 is 14.4 Å². The fourth-order valence-electron chi connectivity index (χ4n) is 3.87. The van der Waals surface area contributed by atoms with Gasteiger partial charge in [-0.2, -0.15) is 10.2 Å². The number of hydrogen-bond donors (Lipinski definition) is 0. The smallest absolute Gasteiger partial charge is 0.149 e. The Morgan fingerprint density at radius 1 is 0.970 bits per heavy atom. The normalized spacial score (nSPS) is 13.9. The second kappa shape index (κ2) is 12.0. The van der Waals surface area contributed by atoms with E-state index in [9.17, 15) is 0 Å². The number of aromatic nitrogens is 1. The van der Waals surface area contributed by atoms with Crippen molar-refractivity contribution in [3.63, 3.8) is 0 Å². The minimum atomic E-state index is 0.452. The summed E-state index contributed by atoms with van der Waals surface area (Å²) in [5.41, 5.74) is 2.85. The Hall–Kier alpha value is -2.67. The SMILES string of the molecule is CCCCOc1cc(N2CCCC2)c(OCCCC)cc1N=NCc1nc2ccccc2s1. The molecule has 7 heteroatoms. The summed E-state index contributed by atoms with van der Waals surface area (Å²) >= 11 is 1.66. The third kappa shape index (κ3) is 6.22. The first-order chi connectivity index (χ1) is 16.3. The van der Waals surface area contributed by atoms with Crippen molar-refractivity contribution in [3.05, 3.63) is 41.4 Å². The monoisotopic (exact) mass is 466 g/mol. The lowest BCUT2D eigenvalue weighted by molar-refractivity contribution is 0.302. The maximum absolute atomic E-state index is 6.21. The molecule has 1 aliphatic rings. The number of nitrogens with zero attached hydrogens (tertiary/aromatic N) is 4. The van der Waals surface area contributed by atoms with Crippen molar-refractivity contribution in [2.75, 3.05) is 31.2 Å². The van der Waals surface area contributed by atoms with Gasteiger partial charge in [-0.15, -0.1) is 11.3 Å². The van der Waals surface area contributed by atoms with Crippen molar-refractivity contribution < 1.29 is 9.47 Å². The quantitative estimate of drug-likeness (QED) is 0.204. The zero-order valence-corrected chi connectivity index (χ0v) is 20.6. The molecule has 1 fully saturated rings. The summed E-state index contributed by atoms with van der Waals surface area (Å²) in [6.45, 7) is 8.28. The summed E-state index contributed by atoms with van der Waals surface area (Å²) in [6.07, 6.45) is 6.66. The van der Waals surface area contributed by atoms with Gasteiger partial charge in [0.2, 0.25) is 0 Å². The van der Waals surface area contributed by atoms with Crippen LogP contribution in [-0.2, 0) is 6.54 Å². The molecule has 33 heavy (non-hydrogen) atoms. The first-order valence-electron chi connectivity index (χ1n) is 12.2. The molecule has 6 nitrogen and oxygen atoms in total. The van der Waals surface area contributed by atoms with Crippen molar-refractivity contribution in [1.82, 2.24) is 4.98 Å². The first-order valence-corrected chi connectivity index (χ1v) is 13.0. The topological polar surface area (TPSA) is 59.3 Å². The molecule has 3 aromatic rings. The molecular weight excluding hydrogens is 432 g/mol. The molecule has 0 unspecified atom stereocenters. The standard InChI is InChI=1S/C26H34N4O2S/c1-3-5-15-31-23-18-22(30-13-9-10-14-30)24(32-16-6-4-2)17-21(23)29-27-19-26-28-20-11-7-8-12-25(20)33-26/h7-8,11-12,17-18H,3-6,9-10,13-16,19H2,1-2H3.